The third-order valence-corrected chi connectivity index (χ3v) is 4.76. The van der Waals surface area contributed by atoms with Gasteiger partial charge in [0.05, 0.1) is 20.8 Å². The molecule has 6 nitrogen and oxygen atoms in total. The molecule has 0 aliphatic carbocycles. The van der Waals surface area contributed by atoms with E-state index in [0.29, 0.717) is 37.7 Å². The average molecular weight is 384 g/mol. The zero-order valence-corrected chi connectivity index (χ0v) is 17.0. The van der Waals surface area contributed by atoms with Crippen molar-refractivity contribution in [2.45, 2.75) is 33.0 Å². The van der Waals surface area contributed by atoms with Crippen LogP contribution in [0.4, 0.5) is 0 Å². The number of hydrogen-bond donors (Lipinski definition) is 1. The summed E-state index contributed by atoms with van der Waals surface area (Å²) in [6, 6.07) is 11.8. The molecule has 1 atom stereocenters. The number of carbonyl (C=O) groups excluding carboxylic acids is 1. The fourth-order valence-corrected chi connectivity index (χ4v) is 3.44. The second-order valence-electron chi connectivity index (χ2n) is 7.18. The quantitative estimate of drug-likeness (QED) is 0.830. The number of methoxy groups -OCH3 is 2. The van der Waals surface area contributed by atoms with Gasteiger partial charge in [0.25, 0.3) is 0 Å². The van der Waals surface area contributed by atoms with E-state index in [4.69, 9.17) is 14.2 Å². The number of amides is 1. The van der Waals surface area contributed by atoms with E-state index in [2.05, 4.69) is 29.3 Å². The maximum Gasteiger partial charge on any atom is 0.234 e. The lowest BCUT2D eigenvalue weighted by molar-refractivity contribution is -0.122. The molecule has 0 fully saturated rings. The Morgan fingerprint density at radius 1 is 1.18 bits per heavy atom. The van der Waals surface area contributed by atoms with Crippen LogP contribution in [0.5, 0.6) is 17.2 Å². The van der Waals surface area contributed by atoms with E-state index in [1.54, 1.807) is 14.2 Å². The largest absolute Gasteiger partial charge is 0.493 e. The molecule has 0 spiro atoms. The van der Waals surface area contributed by atoms with Crippen LogP contribution >= 0.6 is 0 Å². The maximum absolute atomic E-state index is 12.5. The molecule has 0 unspecified atom stereocenters. The first-order valence-electron chi connectivity index (χ1n) is 9.44. The van der Waals surface area contributed by atoms with Gasteiger partial charge in [-0.1, -0.05) is 23.8 Å². The van der Waals surface area contributed by atoms with Crippen LogP contribution in [-0.2, 0) is 17.9 Å². The highest BCUT2D eigenvalue weighted by Crippen LogP contribution is 2.28. The second-order valence-corrected chi connectivity index (χ2v) is 7.18. The molecule has 0 radical (unpaired) electrons. The first-order valence-corrected chi connectivity index (χ1v) is 9.44. The molecule has 150 valence electrons. The lowest BCUT2D eigenvalue weighted by Crippen LogP contribution is -2.39. The number of nitrogens with zero attached hydrogens (tertiary/aromatic N) is 1. The van der Waals surface area contributed by atoms with Gasteiger partial charge in [0.2, 0.25) is 5.91 Å². The minimum Gasteiger partial charge on any atom is -0.493 e. The minimum atomic E-state index is -0.0157. The van der Waals surface area contributed by atoms with Crippen LogP contribution in [0.2, 0.25) is 0 Å². The van der Waals surface area contributed by atoms with Crippen LogP contribution in [-0.4, -0.2) is 44.2 Å². The Labute approximate surface area is 166 Å². The summed E-state index contributed by atoms with van der Waals surface area (Å²) in [5.41, 5.74) is 3.27. The normalized spacial score (nSPS) is 16.5. The monoisotopic (exact) mass is 384 g/mol. The number of hydrogen-bond acceptors (Lipinski definition) is 5. The molecule has 28 heavy (non-hydrogen) atoms. The number of ether oxygens (including phenoxy) is 3. The molecule has 6 heteroatoms. The van der Waals surface area contributed by atoms with Crippen molar-refractivity contribution in [3.8, 4) is 17.2 Å². The van der Waals surface area contributed by atoms with Gasteiger partial charge in [0.15, 0.2) is 11.5 Å². The number of fused-ring (bicyclic) bond motifs is 1. The number of carbonyl (C=O) groups is 1. The highest BCUT2D eigenvalue weighted by molar-refractivity contribution is 5.78. The van der Waals surface area contributed by atoms with Crippen molar-refractivity contribution in [1.82, 2.24) is 10.2 Å². The highest BCUT2D eigenvalue weighted by atomic mass is 16.5. The predicted molar refractivity (Wildman–Crippen MR) is 108 cm³/mol. The van der Waals surface area contributed by atoms with Crippen LogP contribution in [0.15, 0.2) is 36.4 Å². The van der Waals surface area contributed by atoms with Gasteiger partial charge >= 0.3 is 0 Å². The summed E-state index contributed by atoms with van der Waals surface area (Å²) in [4.78, 5) is 14.6. The number of benzene rings is 2. The Morgan fingerprint density at radius 2 is 1.96 bits per heavy atom. The van der Waals surface area contributed by atoms with Crippen LogP contribution in [0.1, 0.15) is 23.6 Å². The topological polar surface area (TPSA) is 60.0 Å². The van der Waals surface area contributed by atoms with Gasteiger partial charge in [-0.2, -0.15) is 0 Å². The predicted octanol–water partition coefficient (Wildman–Crippen LogP) is 2.91. The van der Waals surface area contributed by atoms with Gasteiger partial charge in [-0.25, -0.2) is 0 Å². The van der Waals surface area contributed by atoms with Gasteiger partial charge in [-0.15, -0.1) is 0 Å². The molecular weight excluding hydrogens is 356 g/mol. The van der Waals surface area contributed by atoms with Crippen molar-refractivity contribution < 1.29 is 19.0 Å². The molecule has 1 heterocycles. The Hall–Kier alpha value is -2.73. The van der Waals surface area contributed by atoms with Crippen LogP contribution < -0.4 is 19.5 Å². The van der Waals surface area contributed by atoms with E-state index in [1.165, 1.54) is 5.56 Å². The number of rotatable bonds is 6. The molecule has 2 aromatic carbocycles. The lowest BCUT2D eigenvalue weighted by atomic mass is 10.1. The third-order valence-electron chi connectivity index (χ3n) is 4.76. The molecule has 0 aromatic heterocycles. The van der Waals surface area contributed by atoms with E-state index in [9.17, 15) is 4.79 Å². The number of aryl methyl sites for hydroxylation is 1. The lowest BCUT2D eigenvalue weighted by Gasteiger charge is -2.21. The van der Waals surface area contributed by atoms with Gasteiger partial charge in [-0.05, 0) is 37.6 Å². The summed E-state index contributed by atoms with van der Waals surface area (Å²) >= 11 is 0. The molecule has 1 aliphatic rings. The molecule has 1 N–H and O–H groups in total. The molecule has 0 bridgehead atoms. The van der Waals surface area contributed by atoms with Gasteiger partial charge < -0.3 is 19.5 Å². The van der Waals surface area contributed by atoms with Crippen LogP contribution in [0.3, 0.4) is 0 Å². The van der Waals surface area contributed by atoms with E-state index in [0.717, 1.165) is 16.9 Å². The van der Waals surface area contributed by atoms with Crippen molar-refractivity contribution in [3.05, 3.63) is 53.1 Å². The van der Waals surface area contributed by atoms with Gasteiger partial charge in [0.1, 0.15) is 11.9 Å². The van der Waals surface area contributed by atoms with E-state index in [1.807, 2.05) is 31.2 Å². The van der Waals surface area contributed by atoms with Crippen molar-refractivity contribution in [2.75, 3.05) is 27.3 Å². The fraction of sp³-hybridized carbons (Fsp3) is 0.409. The van der Waals surface area contributed by atoms with E-state index >= 15 is 0 Å². The maximum atomic E-state index is 12.5. The first kappa shape index (κ1) is 20.0. The molecule has 2 aromatic rings. The third kappa shape index (κ3) is 4.95. The zero-order chi connectivity index (χ0) is 20.1. The summed E-state index contributed by atoms with van der Waals surface area (Å²) in [6.45, 7) is 6.27. The van der Waals surface area contributed by atoms with Crippen molar-refractivity contribution in [1.29, 1.82) is 0 Å². The molecule has 3 rings (SSSR count). The first-order chi connectivity index (χ1) is 13.5. The van der Waals surface area contributed by atoms with Crippen molar-refractivity contribution >= 4 is 5.91 Å². The van der Waals surface area contributed by atoms with Crippen LogP contribution in [0, 0.1) is 6.92 Å². The molecule has 0 saturated heterocycles. The van der Waals surface area contributed by atoms with Gasteiger partial charge in [-0.3, -0.25) is 9.69 Å². The number of nitrogens with one attached hydrogen (secondary N) is 1. The van der Waals surface area contributed by atoms with Crippen LogP contribution in [0.25, 0.3) is 0 Å². The summed E-state index contributed by atoms with van der Waals surface area (Å²) in [5.74, 6) is 2.22. The van der Waals surface area contributed by atoms with E-state index < -0.39 is 0 Å². The Morgan fingerprint density at radius 3 is 2.71 bits per heavy atom. The summed E-state index contributed by atoms with van der Waals surface area (Å²) in [7, 11) is 3.20. The summed E-state index contributed by atoms with van der Waals surface area (Å²) in [5, 5.41) is 2.99. The molecular formula is C22H28N2O4. The highest BCUT2D eigenvalue weighted by Gasteiger charge is 2.22. The van der Waals surface area contributed by atoms with E-state index in [-0.39, 0.29) is 12.0 Å². The SMILES string of the molecule is COc1ccc(CNC(=O)CN2Cc3cc(C)ccc3O[C@H](C)C2)cc1OC. The average Bonchev–Trinajstić information content (AvgIpc) is 2.82. The minimum absolute atomic E-state index is 0.0157. The fourth-order valence-electron chi connectivity index (χ4n) is 3.44. The molecule has 0 saturated carbocycles. The summed E-state index contributed by atoms with van der Waals surface area (Å²) < 4.78 is 16.6. The standard InChI is InChI=1S/C22H28N2O4/c1-15-5-7-19-18(9-15)13-24(12-16(2)28-19)14-22(25)23-11-17-6-8-20(26-3)21(10-17)27-4/h5-10,16H,11-14H2,1-4H3,(H,23,25)/t16-/m1/s1. The molecule has 1 aliphatic heterocycles. The Bertz CT molecular complexity index is 837. The molecule has 1 amide bonds. The van der Waals surface area contributed by atoms with Crippen molar-refractivity contribution in [3.63, 3.8) is 0 Å². The Balaban J connectivity index is 1.60. The summed E-state index contributed by atoms with van der Waals surface area (Å²) in [6.07, 6.45) is 0.0302. The van der Waals surface area contributed by atoms with Gasteiger partial charge in [0, 0.05) is 25.2 Å². The Kier molecular flexibility index (Phi) is 6.41. The zero-order valence-electron chi connectivity index (χ0n) is 17.0. The smallest absolute Gasteiger partial charge is 0.234 e. The second kappa shape index (κ2) is 8.97. The van der Waals surface area contributed by atoms with Crippen molar-refractivity contribution in [2.24, 2.45) is 0 Å².